The zero-order valence-corrected chi connectivity index (χ0v) is 30.3. The molecular weight excluding hydrogens is 598 g/mol. The highest BCUT2D eigenvalue weighted by Gasteiger charge is 2.53. The van der Waals surface area contributed by atoms with Gasteiger partial charge in [-0.15, -0.1) is 0 Å². The van der Waals surface area contributed by atoms with Gasteiger partial charge in [-0.25, -0.2) is 0 Å². The quantitative estimate of drug-likeness (QED) is 0.182. The average molecular weight is 648 g/mol. The van der Waals surface area contributed by atoms with Gasteiger partial charge < -0.3 is 28.1 Å². The third-order valence-electron chi connectivity index (χ3n) is 9.99. The smallest absolute Gasteiger partial charge is 0.489 e. The van der Waals surface area contributed by atoms with Crippen LogP contribution >= 0.6 is 0 Å². The maximum atomic E-state index is 6.14. The second-order valence-electron chi connectivity index (χ2n) is 14.8. The van der Waals surface area contributed by atoms with Crippen molar-refractivity contribution >= 4 is 25.2 Å². The highest BCUT2D eigenvalue weighted by molar-refractivity contribution is 6.63. The summed E-state index contributed by atoms with van der Waals surface area (Å²) in [7, 11) is -0.670. The second-order valence-corrected chi connectivity index (χ2v) is 14.8. The standard InChI is InChI=1S/2C20H25BO3/c2*1-15-13-17(22-14-16-9-7-6-8-10-16)11-12-18(15)21-23-19(2,3)20(4,5)24-21/h2*6-13H,14H2,1-5H3. The number of rotatable bonds is 8. The fourth-order valence-electron chi connectivity index (χ4n) is 5.43. The number of hydrogen-bond donors (Lipinski definition) is 0. The molecule has 0 atom stereocenters. The highest BCUT2D eigenvalue weighted by atomic mass is 16.7. The molecule has 8 heteroatoms. The molecule has 252 valence electrons. The van der Waals surface area contributed by atoms with Crippen molar-refractivity contribution in [3.63, 3.8) is 0 Å². The SMILES string of the molecule is Cc1cc(OCc2ccccc2)ccc1B1OC(C)(C)C(C)(C)O1.Cc1cc(OCc2ccccc2)ccc1B1OC(C)(C)C(C)(C)O1. The molecule has 0 spiro atoms. The molecule has 2 fully saturated rings. The van der Waals surface area contributed by atoms with Crippen molar-refractivity contribution in [1.82, 2.24) is 0 Å². The first-order valence-electron chi connectivity index (χ1n) is 16.8. The molecule has 0 saturated carbocycles. The molecule has 2 aliphatic rings. The molecule has 0 unspecified atom stereocenters. The molecule has 2 aliphatic heterocycles. The first-order chi connectivity index (χ1) is 22.6. The monoisotopic (exact) mass is 648 g/mol. The van der Waals surface area contributed by atoms with E-state index in [1.54, 1.807) is 0 Å². The van der Waals surface area contributed by atoms with Crippen LogP contribution in [0, 0.1) is 13.8 Å². The average Bonchev–Trinajstić information content (AvgIpc) is 3.39. The molecule has 0 bridgehead atoms. The van der Waals surface area contributed by atoms with Gasteiger partial charge in [0.15, 0.2) is 0 Å². The molecule has 0 aliphatic carbocycles. The minimum Gasteiger partial charge on any atom is -0.489 e. The Labute approximate surface area is 288 Å². The van der Waals surface area contributed by atoms with Gasteiger partial charge in [0.05, 0.1) is 22.4 Å². The first-order valence-corrected chi connectivity index (χ1v) is 16.8. The molecule has 0 N–H and O–H groups in total. The third kappa shape index (κ3) is 8.18. The van der Waals surface area contributed by atoms with Gasteiger partial charge in [-0.05, 0) is 127 Å². The van der Waals surface area contributed by atoms with Crippen LogP contribution in [0.2, 0.25) is 0 Å². The Morgan fingerprint density at radius 1 is 0.458 bits per heavy atom. The third-order valence-corrected chi connectivity index (χ3v) is 9.99. The molecule has 4 aromatic rings. The van der Waals surface area contributed by atoms with Gasteiger partial charge >= 0.3 is 14.2 Å². The number of ether oxygens (including phenoxy) is 2. The Morgan fingerprint density at radius 2 is 0.771 bits per heavy atom. The van der Waals surface area contributed by atoms with Crippen LogP contribution in [-0.4, -0.2) is 36.6 Å². The van der Waals surface area contributed by atoms with Crippen LogP contribution in [0.1, 0.15) is 77.6 Å². The summed E-state index contributed by atoms with van der Waals surface area (Å²) in [5.74, 6) is 1.72. The molecule has 0 radical (unpaired) electrons. The van der Waals surface area contributed by atoms with Crippen LogP contribution in [-0.2, 0) is 31.8 Å². The number of hydrogen-bond acceptors (Lipinski definition) is 6. The van der Waals surface area contributed by atoms with Gasteiger partial charge in [0.25, 0.3) is 0 Å². The topological polar surface area (TPSA) is 55.4 Å². The zero-order valence-electron chi connectivity index (χ0n) is 30.3. The molecule has 2 saturated heterocycles. The lowest BCUT2D eigenvalue weighted by atomic mass is 9.76. The van der Waals surface area contributed by atoms with Gasteiger partial charge in [0.2, 0.25) is 0 Å². The van der Waals surface area contributed by atoms with E-state index >= 15 is 0 Å². The lowest BCUT2D eigenvalue weighted by molar-refractivity contribution is 0.00578. The van der Waals surface area contributed by atoms with Crippen molar-refractivity contribution in [2.45, 2.75) is 105 Å². The largest absolute Gasteiger partial charge is 0.495 e. The van der Waals surface area contributed by atoms with Crippen molar-refractivity contribution in [3.05, 3.63) is 119 Å². The van der Waals surface area contributed by atoms with Crippen LogP contribution < -0.4 is 20.4 Å². The summed E-state index contributed by atoms with van der Waals surface area (Å²) >= 11 is 0. The van der Waals surface area contributed by atoms with Gasteiger partial charge in [-0.2, -0.15) is 0 Å². The van der Waals surface area contributed by atoms with Crippen LogP contribution in [0.5, 0.6) is 11.5 Å². The molecule has 0 aromatic heterocycles. The van der Waals surface area contributed by atoms with E-state index in [9.17, 15) is 0 Å². The van der Waals surface area contributed by atoms with E-state index < -0.39 is 0 Å². The highest BCUT2D eigenvalue weighted by Crippen LogP contribution is 2.38. The maximum absolute atomic E-state index is 6.14. The summed E-state index contributed by atoms with van der Waals surface area (Å²) in [5, 5.41) is 0. The lowest BCUT2D eigenvalue weighted by Gasteiger charge is -2.32. The van der Waals surface area contributed by atoms with E-state index in [1.807, 2.05) is 72.8 Å². The van der Waals surface area contributed by atoms with Crippen LogP contribution in [0.4, 0.5) is 0 Å². The minimum absolute atomic E-state index is 0.327. The van der Waals surface area contributed by atoms with Crippen molar-refractivity contribution in [3.8, 4) is 11.5 Å². The van der Waals surface area contributed by atoms with E-state index in [0.717, 1.165) is 44.7 Å². The van der Waals surface area contributed by atoms with Crippen molar-refractivity contribution in [2.75, 3.05) is 0 Å². The van der Waals surface area contributed by atoms with E-state index in [2.05, 4.69) is 93.5 Å². The Balaban J connectivity index is 0.000000188. The molecule has 2 heterocycles. The normalized spacial score (nSPS) is 18.6. The Morgan fingerprint density at radius 3 is 1.06 bits per heavy atom. The van der Waals surface area contributed by atoms with Crippen molar-refractivity contribution in [1.29, 1.82) is 0 Å². The van der Waals surface area contributed by atoms with E-state index in [0.29, 0.717) is 13.2 Å². The van der Waals surface area contributed by atoms with Gasteiger partial charge in [0.1, 0.15) is 24.7 Å². The first kappa shape index (κ1) is 35.7. The summed E-state index contributed by atoms with van der Waals surface area (Å²) < 4.78 is 36.3. The van der Waals surface area contributed by atoms with E-state index in [-0.39, 0.29) is 36.6 Å². The van der Waals surface area contributed by atoms with E-state index in [4.69, 9.17) is 28.1 Å². The molecule has 6 nitrogen and oxygen atoms in total. The summed E-state index contributed by atoms with van der Waals surface area (Å²) in [6.45, 7) is 21.8. The van der Waals surface area contributed by atoms with Crippen LogP contribution in [0.15, 0.2) is 97.1 Å². The summed E-state index contributed by atoms with van der Waals surface area (Å²) in [6, 6.07) is 32.5. The summed E-state index contributed by atoms with van der Waals surface area (Å²) in [5.41, 5.74) is 5.34. The van der Waals surface area contributed by atoms with Crippen LogP contribution in [0.25, 0.3) is 0 Å². The van der Waals surface area contributed by atoms with Gasteiger partial charge in [-0.3, -0.25) is 0 Å². The second kappa shape index (κ2) is 14.1. The minimum atomic E-state index is -0.335. The predicted octanol–water partition coefficient (Wildman–Crippen LogP) is 7.75. The van der Waals surface area contributed by atoms with Gasteiger partial charge in [-0.1, -0.05) is 72.8 Å². The Kier molecular flexibility index (Phi) is 10.5. The lowest BCUT2D eigenvalue weighted by Crippen LogP contribution is -2.41. The zero-order chi connectivity index (χ0) is 34.7. The summed E-state index contributed by atoms with van der Waals surface area (Å²) in [6.07, 6.45) is 0. The predicted molar refractivity (Wildman–Crippen MR) is 195 cm³/mol. The Hall–Kier alpha value is -3.55. The molecule has 48 heavy (non-hydrogen) atoms. The fraction of sp³-hybridized carbons (Fsp3) is 0.400. The van der Waals surface area contributed by atoms with Crippen molar-refractivity contribution in [2.24, 2.45) is 0 Å². The fourth-order valence-corrected chi connectivity index (χ4v) is 5.43. The summed E-state index contributed by atoms with van der Waals surface area (Å²) in [4.78, 5) is 0. The van der Waals surface area contributed by atoms with Crippen LogP contribution in [0.3, 0.4) is 0 Å². The molecule has 6 rings (SSSR count). The number of benzene rings is 4. The van der Waals surface area contributed by atoms with E-state index in [1.165, 1.54) is 0 Å². The number of aryl methyl sites for hydroxylation is 2. The van der Waals surface area contributed by atoms with Crippen molar-refractivity contribution < 1.29 is 28.1 Å². The molecule has 4 aromatic carbocycles. The van der Waals surface area contributed by atoms with Gasteiger partial charge in [0, 0.05) is 0 Å². The molecule has 0 amide bonds. The Bertz CT molecular complexity index is 1510. The maximum Gasteiger partial charge on any atom is 0.495 e. The molecular formula is C40H50B2O6.